The standard InChI is InChI=1S/C20H42N6O3/c1-20(8-5-17(27)24-14-2-11-21,9-6-18(28)25-15-3-12-22)10-7-19(29)26-16-4-13-23/h2-16,21-23H2,1H3,(H,24,27)(H,25,28)(H,26,29). The van der Waals surface area contributed by atoms with Crippen molar-refractivity contribution < 1.29 is 14.4 Å². The fraction of sp³-hybridized carbons (Fsp3) is 0.850. The highest BCUT2D eigenvalue weighted by molar-refractivity contribution is 5.77. The lowest BCUT2D eigenvalue weighted by molar-refractivity contribution is -0.122. The van der Waals surface area contributed by atoms with Crippen LogP contribution in [-0.2, 0) is 14.4 Å². The molecule has 9 nitrogen and oxygen atoms in total. The summed E-state index contributed by atoms with van der Waals surface area (Å²) in [4.78, 5) is 36.2. The third-order valence-electron chi connectivity index (χ3n) is 4.98. The first kappa shape index (κ1) is 27.3. The van der Waals surface area contributed by atoms with Gasteiger partial charge in [-0.1, -0.05) is 6.92 Å². The van der Waals surface area contributed by atoms with Crippen molar-refractivity contribution in [2.75, 3.05) is 39.3 Å². The minimum absolute atomic E-state index is 0.0236. The van der Waals surface area contributed by atoms with Crippen LogP contribution < -0.4 is 33.2 Å². The first-order chi connectivity index (χ1) is 13.9. The number of hydrogen-bond acceptors (Lipinski definition) is 6. The van der Waals surface area contributed by atoms with Crippen LogP contribution in [0, 0.1) is 5.41 Å². The van der Waals surface area contributed by atoms with E-state index in [4.69, 9.17) is 17.2 Å². The molecule has 0 aromatic heterocycles. The summed E-state index contributed by atoms with van der Waals surface area (Å²) in [5.74, 6) is -0.0709. The van der Waals surface area contributed by atoms with Gasteiger partial charge in [0.1, 0.15) is 0 Å². The molecule has 0 spiro atoms. The molecule has 0 aliphatic carbocycles. The van der Waals surface area contributed by atoms with E-state index >= 15 is 0 Å². The monoisotopic (exact) mass is 414 g/mol. The zero-order valence-electron chi connectivity index (χ0n) is 18.1. The van der Waals surface area contributed by atoms with E-state index in [0.29, 0.717) is 77.8 Å². The van der Waals surface area contributed by atoms with E-state index in [1.165, 1.54) is 0 Å². The maximum absolute atomic E-state index is 12.1. The zero-order valence-corrected chi connectivity index (χ0v) is 18.1. The zero-order chi connectivity index (χ0) is 22.0. The number of rotatable bonds is 18. The maximum atomic E-state index is 12.1. The Bertz CT molecular complexity index is 409. The lowest BCUT2D eigenvalue weighted by Gasteiger charge is -2.29. The highest BCUT2D eigenvalue weighted by Gasteiger charge is 2.27. The van der Waals surface area contributed by atoms with Crippen molar-refractivity contribution in [1.82, 2.24) is 16.0 Å². The molecular formula is C20H42N6O3. The number of amides is 3. The molecule has 0 aliphatic rings. The largest absolute Gasteiger partial charge is 0.356 e. The number of hydrogen-bond donors (Lipinski definition) is 6. The van der Waals surface area contributed by atoms with Crippen molar-refractivity contribution in [3.63, 3.8) is 0 Å². The highest BCUT2D eigenvalue weighted by Crippen LogP contribution is 2.34. The molecule has 0 heterocycles. The van der Waals surface area contributed by atoms with Gasteiger partial charge in [-0.2, -0.15) is 0 Å². The Morgan fingerprint density at radius 1 is 0.621 bits per heavy atom. The number of nitrogens with two attached hydrogens (primary N) is 3. The summed E-state index contributed by atoms with van der Waals surface area (Å²) in [6.45, 7) is 5.36. The van der Waals surface area contributed by atoms with Crippen molar-refractivity contribution in [3.8, 4) is 0 Å². The van der Waals surface area contributed by atoms with Gasteiger partial charge in [-0.3, -0.25) is 14.4 Å². The molecule has 0 aliphatic heterocycles. The molecule has 3 amide bonds. The number of carbonyl (C=O) groups excluding carboxylic acids is 3. The molecule has 0 bridgehead atoms. The molecule has 0 rings (SSSR count). The molecule has 0 saturated heterocycles. The first-order valence-electron chi connectivity index (χ1n) is 10.8. The molecule has 9 heteroatoms. The topological polar surface area (TPSA) is 165 Å². The minimum Gasteiger partial charge on any atom is -0.356 e. The van der Waals surface area contributed by atoms with Gasteiger partial charge in [-0.15, -0.1) is 0 Å². The average Bonchev–Trinajstić information content (AvgIpc) is 2.70. The van der Waals surface area contributed by atoms with Crippen molar-refractivity contribution >= 4 is 17.7 Å². The molecule has 29 heavy (non-hydrogen) atoms. The van der Waals surface area contributed by atoms with Gasteiger partial charge in [-0.05, 0) is 63.6 Å². The summed E-state index contributed by atoms with van der Waals surface area (Å²) >= 11 is 0. The third-order valence-corrected chi connectivity index (χ3v) is 4.98. The molecule has 9 N–H and O–H groups in total. The van der Waals surface area contributed by atoms with Crippen LogP contribution in [0.1, 0.15) is 64.7 Å². The summed E-state index contributed by atoms with van der Waals surface area (Å²) in [6.07, 6.45) is 5.19. The second-order valence-electron chi connectivity index (χ2n) is 7.79. The predicted octanol–water partition coefficient (Wildman–Crippen LogP) is -0.272. The predicted molar refractivity (Wildman–Crippen MR) is 116 cm³/mol. The molecule has 0 atom stereocenters. The lowest BCUT2D eigenvalue weighted by Crippen LogP contribution is -2.31. The Labute approximate surface area is 175 Å². The molecule has 0 fully saturated rings. The normalized spacial score (nSPS) is 11.2. The van der Waals surface area contributed by atoms with Gasteiger partial charge in [0.2, 0.25) is 17.7 Å². The second kappa shape index (κ2) is 17.2. The smallest absolute Gasteiger partial charge is 0.220 e. The Kier molecular flexibility index (Phi) is 16.2. The van der Waals surface area contributed by atoms with Crippen LogP contribution in [0.5, 0.6) is 0 Å². The van der Waals surface area contributed by atoms with Gasteiger partial charge >= 0.3 is 0 Å². The Hall–Kier alpha value is -1.71. The SMILES string of the molecule is CC(CCC(=O)NCCCN)(CCC(=O)NCCCN)CCC(=O)NCCCN. The van der Waals surface area contributed by atoms with E-state index in [0.717, 1.165) is 19.3 Å². The van der Waals surface area contributed by atoms with Crippen molar-refractivity contribution in [2.45, 2.75) is 64.7 Å². The van der Waals surface area contributed by atoms with Gasteiger partial charge in [0, 0.05) is 38.9 Å². The van der Waals surface area contributed by atoms with E-state index in [2.05, 4.69) is 16.0 Å². The van der Waals surface area contributed by atoms with Crippen LogP contribution in [0.2, 0.25) is 0 Å². The van der Waals surface area contributed by atoms with Crippen molar-refractivity contribution in [3.05, 3.63) is 0 Å². The van der Waals surface area contributed by atoms with Crippen LogP contribution in [0.15, 0.2) is 0 Å². The van der Waals surface area contributed by atoms with Gasteiger partial charge in [0.15, 0.2) is 0 Å². The van der Waals surface area contributed by atoms with Crippen LogP contribution in [0.25, 0.3) is 0 Å². The minimum atomic E-state index is -0.276. The van der Waals surface area contributed by atoms with E-state index < -0.39 is 0 Å². The van der Waals surface area contributed by atoms with E-state index in [1.807, 2.05) is 6.92 Å². The van der Waals surface area contributed by atoms with E-state index in [9.17, 15) is 14.4 Å². The number of nitrogens with one attached hydrogen (secondary N) is 3. The average molecular weight is 415 g/mol. The maximum Gasteiger partial charge on any atom is 0.220 e. The van der Waals surface area contributed by atoms with Gasteiger partial charge in [0.25, 0.3) is 0 Å². The summed E-state index contributed by atoms with van der Waals surface area (Å²) in [6, 6.07) is 0. The summed E-state index contributed by atoms with van der Waals surface area (Å²) in [5.41, 5.74) is 16.0. The molecule has 170 valence electrons. The molecular weight excluding hydrogens is 372 g/mol. The van der Waals surface area contributed by atoms with Gasteiger partial charge in [-0.25, -0.2) is 0 Å². The lowest BCUT2D eigenvalue weighted by atomic mass is 9.77. The van der Waals surface area contributed by atoms with Crippen LogP contribution in [-0.4, -0.2) is 57.0 Å². The third kappa shape index (κ3) is 15.8. The highest BCUT2D eigenvalue weighted by atomic mass is 16.2. The summed E-state index contributed by atoms with van der Waals surface area (Å²) < 4.78 is 0. The molecule has 0 saturated carbocycles. The molecule has 0 aromatic carbocycles. The summed E-state index contributed by atoms with van der Waals surface area (Å²) in [5, 5.41) is 8.56. The van der Waals surface area contributed by atoms with E-state index in [-0.39, 0.29) is 23.1 Å². The van der Waals surface area contributed by atoms with Gasteiger partial charge < -0.3 is 33.2 Å². The Balaban J connectivity index is 4.60. The van der Waals surface area contributed by atoms with Gasteiger partial charge in [0.05, 0.1) is 0 Å². The Morgan fingerprint density at radius 3 is 1.14 bits per heavy atom. The van der Waals surface area contributed by atoms with Crippen LogP contribution in [0.4, 0.5) is 0 Å². The Morgan fingerprint density at radius 2 is 0.897 bits per heavy atom. The second-order valence-corrected chi connectivity index (χ2v) is 7.79. The number of carbonyl (C=O) groups is 3. The molecule has 0 unspecified atom stereocenters. The molecule has 0 radical (unpaired) electrons. The fourth-order valence-corrected chi connectivity index (χ4v) is 2.88. The van der Waals surface area contributed by atoms with Crippen molar-refractivity contribution in [1.29, 1.82) is 0 Å². The van der Waals surface area contributed by atoms with Crippen molar-refractivity contribution in [2.24, 2.45) is 22.6 Å². The van der Waals surface area contributed by atoms with Crippen LogP contribution >= 0.6 is 0 Å². The fourth-order valence-electron chi connectivity index (χ4n) is 2.88. The first-order valence-corrected chi connectivity index (χ1v) is 10.8. The van der Waals surface area contributed by atoms with Crippen LogP contribution in [0.3, 0.4) is 0 Å². The molecule has 0 aromatic rings. The quantitative estimate of drug-likeness (QED) is 0.169. The summed E-state index contributed by atoms with van der Waals surface area (Å²) in [7, 11) is 0. The van der Waals surface area contributed by atoms with E-state index in [1.54, 1.807) is 0 Å².